The predicted molar refractivity (Wildman–Crippen MR) is 88.6 cm³/mol. The van der Waals surface area contributed by atoms with Crippen molar-refractivity contribution in [1.82, 2.24) is 15.2 Å². The maximum Gasteiger partial charge on any atom is 0.272 e. The van der Waals surface area contributed by atoms with E-state index in [4.69, 9.17) is 16.3 Å². The maximum absolute atomic E-state index is 12.2. The van der Waals surface area contributed by atoms with Crippen LogP contribution >= 0.6 is 11.6 Å². The first kappa shape index (κ1) is 17.6. The first-order valence-corrected chi connectivity index (χ1v) is 8.22. The molecule has 6 nitrogen and oxygen atoms in total. The Labute approximate surface area is 148 Å². The van der Waals surface area contributed by atoms with Gasteiger partial charge in [-0.25, -0.2) is 18.8 Å². The Hall–Kier alpha value is -2.22. The molecule has 134 valence electrons. The van der Waals surface area contributed by atoms with E-state index in [0.717, 1.165) is 18.4 Å². The number of carbonyl (C=O) groups excluding carboxylic acids is 1. The number of rotatable bonds is 7. The zero-order valence-corrected chi connectivity index (χ0v) is 14.0. The molecule has 1 unspecified atom stereocenters. The van der Waals surface area contributed by atoms with Gasteiger partial charge in [0.2, 0.25) is 11.8 Å². The molecule has 1 aromatic heterocycles. The quantitative estimate of drug-likeness (QED) is 0.801. The van der Waals surface area contributed by atoms with Crippen LogP contribution in [0.5, 0.6) is 5.88 Å². The lowest BCUT2D eigenvalue weighted by atomic mass is 10.2. The van der Waals surface area contributed by atoms with Crippen LogP contribution < -0.4 is 10.1 Å². The zero-order valence-electron chi connectivity index (χ0n) is 13.2. The maximum atomic E-state index is 12.2. The molecule has 1 aliphatic carbocycles. The van der Waals surface area contributed by atoms with Gasteiger partial charge in [-0.05, 0) is 30.5 Å². The number of nitrogens with one attached hydrogen (secondary N) is 1. The number of pyridine rings is 1. The summed E-state index contributed by atoms with van der Waals surface area (Å²) in [6.07, 6.45) is 5.43. The van der Waals surface area contributed by atoms with Gasteiger partial charge in [0.1, 0.15) is 5.02 Å². The second-order valence-electron chi connectivity index (χ2n) is 5.80. The van der Waals surface area contributed by atoms with Crippen LogP contribution in [0.2, 0.25) is 5.02 Å². The molecule has 0 bridgehead atoms. The summed E-state index contributed by atoms with van der Waals surface area (Å²) in [6, 6.07) is 1.60. The van der Waals surface area contributed by atoms with Crippen molar-refractivity contribution in [3.63, 3.8) is 0 Å². The van der Waals surface area contributed by atoms with Crippen molar-refractivity contribution in [2.24, 2.45) is 10.9 Å². The molecule has 0 saturated heterocycles. The van der Waals surface area contributed by atoms with Gasteiger partial charge in [0.05, 0.1) is 0 Å². The minimum atomic E-state index is -2.59. The van der Waals surface area contributed by atoms with Crippen molar-refractivity contribution in [2.75, 3.05) is 6.61 Å². The highest BCUT2D eigenvalue weighted by atomic mass is 35.5. The Morgan fingerprint density at radius 2 is 2.28 bits per heavy atom. The molecule has 0 aromatic carbocycles. The number of hydrogen-bond acceptors (Lipinski definition) is 5. The molecule has 1 atom stereocenters. The third-order valence-electron chi connectivity index (χ3n) is 3.70. The van der Waals surface area contributed by atoms with Crippen molar-refractivity contribution in [1.29, 1.82) is 0 Å². The average molecular weight is 371 g/mol. The molecule has 0 spiro atoms. The summed E-state index contributed by atoms with van der Waals surface area (Å²) >= 11 is 6.03. The lowest BCUT2D eigenvalue weighted by Crippen LogP contribution is -2.45. The zero-order chi connectivity index (χ0) is 17.8. The standard InChI is InChI=1S/C16H17ClF2N4O2/c17-12-6-10(7-21-15(12)25-9-13(18)19)8-23-5-1-4-20-16(23)22-14(24)11-2-3-11/h1,4-7,11,13,16H,2-3,8-9H2,(H,22,24). The average Bonchev–Trinajstić information content (AvgIpc) is 3.41. The molecular weight excluding hydrogens is 354 g/mol. The first-order valence-electron chi connectivity index (χ1n) is 7.84. The van der Waals surface area contributed by atoms with Gasteiger partial charge in [0, 0.05) is 31.1 Å². The normalized spacial score (nSPS) is 19.4. The fourth-order valence-corrected chi connectivity index (χ4v) is 2.55. The number of nitrogens with zero attached hydrogens (tertiary/aromatic N) is 3. The van der Waals surface area contributed by atoms with Crippen LogP contribution in [0.1, 0.15) is 18.4 Å². The number of alkyl halides is 2. The van der Waals surface area contributed by atoms with E-state index < -0.39 is 19.3 Å². The lowest BCUT2D eigenvalue weighted by molar-refractivity contribution is -0.124. The highest BCUT2D eigenvalue weighted by Gasteiger charge is 2.32. The summed E-state index contributed by atoms with van der Waals surface area (Å²) in [5, 5.41) is 3.04. The molecule has 2 aliphatic rings. The van der Waals surface area contributed by atoms with Gasteiger partial charge < -0.3 is 15.0 Å². The van der Waals surface area contributed by atoms with Crippen molar-refractivity contribution >= 4 is 23.7 Å². The van der Waals surface area contributed by atoms with E-state index in [2.05, 4.69) is 15.3 Å². The molecule has 1 fully saturated rings. The topological polar surface area (TPSA) is 66.8 Å². The van der Waals surface area contributed by atoms with Crippen LogP contribution in [0.25, 0.3) is 0 Å². The molecule has 1 aliphatic heterocycles. The van der Waals surface area contributed by atoms with Gasteiger partial charge in [-0.3, -0.25) is 4.79 Å². The van der Waals surface area contributed by atoms with Crippen LogP contribution in [-0.4, -0.2) is 41.3 Å². The van der Waals surface area contributed by atoms with Gasteiger partial charge in [-0.15, -0.1) is 0 Å². The second-order valence-corrected chi connectivity index (χ2v) is 6.21. The van der Waals surface area contributed by atoms with Crippen molar-refractivity contribution < 1.29 is 18.3 Å². The fraction of sp³-hybridized carbons (Fsp3) is 0.438. The van der Waals surface area contributed by atoms with Gasteiger partial charge in [-0.2, -0.15) is 0 Å². The summed E-state index contributed by atoms with van der Waals surface area (Å²) < 4.78 is 29.2. The van der Waals surface area contributed by atoms with Crippen molar-refractivity contribution in [3.8, 4) is 5.88 Å². The van der Waals surface area contributed by atoms with E-state index in [-0.39, 0.29) is 22.7 Å². The van der Waals surface area contributed by atoms with Crippen LogP contribution in [0.3, 0.4) is 0 Å². The smallest absolute Gasteiger partial charge is 0.272 e. The molecule has 1 N–H and O–H groups in total. The second kappa shape index (κ2) is 7.77. The van der Waals surface area contributed by atoms with E-state index in [1.165, 1.54) is 6.20 Å². The molecule has 1 aromatic rings. The van der Waals surface area contributed by atoms with E-state index in [1.54, 1.807) is 24.6 Å². The van der Waals surface area contributed by atoms with Crippen LogP contribution in [0.15, 0.2) is 29.5 Å². The number of amides is 1. The number of halogens is 3. The highest BCUT2D eigenvalue weighted by molar-refractivity contribution is 6.31. The number of aliphatic imine (C=N–C) groups is 1. The number of carbonyl (C=O) groups is 1. The Balaban J connectivity index is 1.63. The van der Waals surface area contributed by atoms with Crippen molar-refractivity contribution in [3.05, 3.63) is 35.1 Å². The largest absolute Gasteiger partial charge is 0.471 e. The summed E-state index contributed by atoms with van der Waals surface area (Å²) in [5.74, 6) is 0.0520. The SMILES string of the molecule is O=C(NC1N=CC=CN1Cc1cnc(OCC(F)F)c(Cl)c1)C1CC1. The Bertz CT molecular complexity index is 695. The van der Waals surface area contributed by atoms with Gasteiger partial charge in [-0.1, -0.05) is 11.6 Å². The molecule has 0 radical (unpaired) electrons. The Kier molecular flexibility index (Phi) is 5.47. The molecule has 3 rings (SSSR count). The third kappa shape index (κ3) is 4.88. The van der Waals surface area contributed by atoms with E-state index >= 15 is 0 Å². The van der Waals surface area contributed by atoms with E-state index in [1.807, 2.05) is 4.90 Å². The van der Waals surface area contributed by atoms with E-state index in [9.17, 15) is 13.6 Å². The van der Waals surface area contributed by atoms with Crippen LogP contribution in [0, 0.1) is 5.92 Å². The van der Waals surface area contributed by atoms with Gasteiger partial charge >= 0.3 is 0 Å². The monoisotopic (exact) mass is 370 g/mol. The Morgan fingerprint density at radius 3 is 2.96 bits per heavy atom. The van der Waals surface area contributed by atoms with Crippen LogP contribution in [0.4, 0.5) is 8.78 Å². The number of hydrogen-bond donors (Lipinski definition) is 1. The number of aromatic nitrogens is 1. The van der Waals surface area contributed by atoms with Gasteiger partial charge in [0.15, 0.2) is 12.9 Å². The number of allylic oxidation sites excluding steroid dienone is 1. The Morgan fingerprint density at radius 1 is 1.48 bits per heavy atom. The summed E-state index contributed by atoms with van der Waals surface area (Å²) in [6.45, 7) is -0.365. The third-order valence-corrected chi connectivity index (χ3v) is 3.97. The lowest BCUT2D eigenvalue weighted by Gasteiger charge is -2.30. The summed E-state index contributed by atoms with van der Waals surface area (Å²) in [4.78, 5) is 22.0. The molecule has 2 heterocycles. The van der Waals surface area contributed by atoms with Crippen molar-refractivity contribution in [2.45, 2.75) is 32.1 Å². The van der Waals surface area contributed by atoms with E-state index in [0.29, 0.717) is 6.54 Å². The molecule has 1 amide bonds. The number of ether oxygens (including phenoxy) is 1. The molecule has 9 heteroatoms. The summed E-state index contributed by atoms with van der Waals surface area (Å²) in [5.41, 5.74) is 0.738. The molecule has 25 heavy (non-hydrogen) atoms. The molecular formula is C16H17ClF2N4O2. The minimum Gasteiger partial charge on any atom is -0.471 e. The van der Waals surface area contributed by atoms with Gasteiger partial charge in [0.25, 0.3) is 6.43 Å². The first-order chi connectivity index (χ1) is 12.0. The minimum absolute atomic E-state index is 0.00523. The summed E-state index contributed by atoms with van der Waals surface area (Å²) in [7, 11) is 0. The highest BCUT2D eigenvalue weighted by Crippen LogP contribution is 2.29. The van der Waals surface area contributed by atoms with Crippen LogP contribution in [-0.2, 0) is 11.3 Å². The predicted octanol–water partition coefficient (Wildman–Crippen LogP) is 2.59. The fourth-order valence-electron chi connectivity index (χ4n) is 2.31. The molecule has 1 saturated carbocycles.